The van der Waals surface area contributed by atoms with Gasteiger partial charge in [0, 0.05) is 9.35 Å². The summed E-state index contributed by atoms with van der Waals surface area (Å²) in [7, 11) is 0. The minimum absolute atomic E-state index is 0.192. The predicted molar refractivity (Wildman–Crippen MR) is 81.9 cm³/mol. The van der Waals surface area contributed by atoms with E-state index >= 15 is 0 Å². The van der Waals surface area contributed by atoms with Gasteiger partial charge in [-0.3, -0.25) is 0 Å². The Balaban J connectivity index is 2.47. The highest BCUT2D eigenvalue weighted by molar-refractivity contribution is 9.11. The number of hydrogen-bond donors (Lipinski definition) is 1. The van der Waals surface area contributed by atoms with Gasteiger partial charge >= 0.3 is 0 Å². The first-order valence-electron chi connectivity index (χ1n) is 4.96. The Morgan fingerprint density at radius 3 is 2.59 bits per heavy atom. The van der Waals surface area contributed by atoms with Gasteiger partial charge in [0.15, 0.2) is 0 Å². The smallest absolute Gasteiger partial charge is 0.0704 e. The summed E-state index contributed by atoms with van der Waals surface area (Å²) in [5.41, 5.74) is 8.33. The zero-order chi connectivity index (χ0) is 12.6. The first-order chi connectivity index (χ1) is 8.00. The minimum Gasteiger partial charge on any atom is -0.320 e. The molecule has 1 atom stereocenters. The van der Waals surface area contributed by atoms with Gasteiger partial charge in [-0.25, -0.2) is 0 Å². The topological polar surface area (TPSA) is 26.0 Å². The first-order valence-corrected chi connectivity index (χ1v) is 7.74. The van der Waals surface area contributed by atoms with E-state index in [9.17, 15) is 0 Å². The van der Waals surface area contributed by atoms with Crippen molar-refractivity contribution >= 4 is 54.8 Å². The normalized spacial score (nSPS) is 12.8. The fourth-order valence-corrected chi connectivity index (χ4v) is 4.08. The fraction of sp³-hybridized carbons (Fsp3) is 0.167. The monoisotopic (exact) mass is 393 g/mol. The van der Waals surface area contributed by atoms with E-state index in [-0.39, 0.29) is 6.04 Å². The molecular formula is C12H10Br2ClNS. The predicted octanol–water partition coefficient (Wildman–Crippen LogP) is 5.28. The molecule has 0 aliphatic rings. The summed E-state index contributed by atoms with van der Waals surface area (Å²) in [6.07, 6.45) is 0. The summed E-state index contributed by atoms with van der Waals surface area (Å²) in [6, 6.07) is 7.68. The first kappa shape index (κ1) is 13.6. The van der Waals surface area contributed by atoms with E-state index in [1.54, 1.807) is 11.3 Å². The molecule has 0 aliphatic heterocycles. The van der Waals surface area contributed by atoms with Crippen molar-refractivity contribution in [3.8, 4) is 0 Å². The van der Waals surface area contributed by atoms with Gasteiger partial charge in [-0.15, -0.1) is 11.3 Å². The Morgan fingerprint density at radius 1 is 1.29 bits per heavy atom. The number of hydrogen-bond acceptors (Lipinski definition) is 2. The standard InChI is InChI=1S/C12H10Br2ClNS/c1-6-8(5-10(14)17-6)12(16)7-3-2-4-9(13)11(7)15/h2-5,12H,16H2,1H3. The number of thiophene rings is 1. The fourth-order valence-electron chi connectivity index (χ4n) is 1.70. The number of aryl methyl sites for hydroxylation is 1. The Bertz CT molecular complexity index is 553. The molecule has 0 fully saturated rings. The number of halogens is 3. The molecule has 1 aromatic carbocycles. The average molecular weight is 396 g/mol. The van der Waals surface area contributed by atoms with Crippen LogP contribution in [0.3, 0.4) is 0 Å². The molecule has 0 saturated carbocycles. The molecule has 1 unspecified atom stereocenters. The van der Waals surface area contributed by atoms with E-state index in [1.165, 1.54) is 4.88 Å². The molecule has 1 aromatic heterocycles. The van der Waals surface area contributed by atoms with E-state index in [0.29, 0.717) is 5.02 Å². The van der Waals surface area contributed by atoms with Gasteiger partial charge in [-0.2, -0.15) is 0 Å². The van der Waals surface area contributed by atoms with Crippen molar-refractivity contribution in [2.24, 2.45) is 5.73 Å². The van der Waals surface area contributed by atoms with Crippen molar-refractivity contribution in [2.45, 2.75) is 13.0 Å². The molecule has 5 heteroatoms. The largest absolute Gasteiger partial charge is 0.320 e. The SMILES string of the molecule is Cc1sc(Br)cc1C(N)c1cccc(Br)c1Cl. The highest BCUT2D eigenvalue weighted by atomic mass is 79.9. The second-order valence-electron chi connectivity index (χ2n) is 3.68. The average Bonchev–Trinajstić information content (AvgIpc) is 2.61. The summed E-state index contributed by atoms with van der Waals surface area (Å²) in [5, 5.41) is 0.682. The third-order valence-electron chi connectivity index (χ3n) is 2.58. The van der Waals surface area contributed by atoms with E-state index in [2.05, 4.69) is 44.8 Å². The van der Waals surface area contributed by atoms with E-state index in [0.717, 1.165) is 19.4 Å². The summed E-state index contributed by atoms with van der Waals surface area (Å²) < 4.78 is 1.96. The van der Waals surface area contributed by atoms with Crippen LogP contribution >= 0.6 is 54.8 Å². The van der Waals surface area contributed by atoms with E-state index in [4.69, 9.17) is 17.3 Å². The molecule has 2 rings (SSSR count). The lowest BCUT2D eigenvalue weighted by molar-refractivity contribution is 0.868. The molecular weight excluding hydrogens is 385 g/mol. The van der Waals surface area contributed by atoms with Crippen molar-refractivity contribution in [2.75, 3.05) is 0 Å². The Labute approximate surface area is 126 Å². The van der Waals surface area contributed by atoms with Crippen molar-refractivity contribution < 1.29 is 0 Å². The molecule has 0 bridgehead atoms. The molecule has 1 heterocycles. The quantitative estimate of drug-likeness (QED) is 0.735. The molecule has 2 aromatic rings. The van der Waals surface area contributed by atoms with Crippen LogP contribution in [0.2, 0.25) is 5.02 Å². The Hall–Kier alpha value is 0.130. The van der Waals surface area contributed by atoms with Crippen LogP contribution in [0.1, 0.15) is 22.0 Å². The molecule has 0 radical (unpaired) electrons. The summed E-state index contributed by atoms with van der Waals surface area (Å²) in [5.74, 6) is 0. The van der Waals surface area contributed by atoms with Crippen molar-refractivity contribution in [3.63, 3.8) is 0 Å². The molecule has 2 N–H and O–H groups in total. The maximum absolute atomic E-state index is 6.28. The highest BCUT2D eigenvalue weighted by Gasteiger charge is 2.17. The van der Waals surface area contributed by atoms with Gasteiger partial charge in [-0.05, 0) is 62.0 Å². The van der Waals surface area contributed by atoms with Crippen molar-refractivity contribution in [3.05, 3.63) is 53.6 Å². The molecule has 0 amide bonds. The molecule has 0 spiro atoms. The number of nitrogens with two attached hydrogens (primary N) is 1. The zero-order valence-corrected chi connectivity index (χ0v) is 13.8. The van der Waals surface area contributed by atoms with Crippen LogP contribution in [-0.2, 0) is 0 Å². The third kappa shape index (κ3) is 2.76. The second-order valence-corrected chi connectivity index (χ2v) is 7.55. The molecule has 17 heavy (non-hydrogen) atoms. The van der Waals surface area contributed by atoms with Crippen LogP contribution in [0.25, 0.3) is 0 Å². The number of benzene rings is 1. The van der Waals surface area contributed by atoms with Crippen LogP contribution in [0.5, 0.6) is 0 Å². The van der Waals surface area contributed by atoms with Gasteiger partial charge < -0.3 is 5.73 Å². The summed E-state index contributed by atoms with van der Waals surface area (Å²) >= 11 is 14.8. The van der Waals surface area contributed by atoms with Crippen LogP contribution in [-0.4, -0.2) is 0 Å². The van der Waals surface area contributed by atoms with Gasteiger partial charge in [-0.1, -0.05) is 23.7 Å². The van der Waals surface area contributed by atoms with Crippen LogP contribution < -0.4 is 5.73 Å². The Morgan fingerprint density at radius 2 is 2.00 bits per heavy atom. The molecule has 0 saturated heterocycles. The third-order valence-corrected chi connectivity index (χ3v) is 5.46. The van der Waals surface area contributed by atoms with Gasteiger partial charge in [0.1, 0.15) is 0 Å². The van der Waals surface area contributed by atoms with Crippen LogP contribution in [0.4, 0.5) is 0 Å². The zero-order valence-electron chi connectivity index (χ0n) is 9.01. The lowest BCUT2D eigenvalue weighted by atomic mass is 10.0. The molecule has 0 aliphatic carbocycles. The lowest BCUT2D eigenvalue weighted by Gasteiger charge is -2.14. The van der Waals surface area contributed by atoms with Gasteiger partial charge in [0.05, 0.1) is 14.9 Å². The summed E-state index contributed by atoms with van der Waals surface area (Å²) in [4.78, 5) is 1.21. The lowest BCUT2D eigenvalue weighted by Crippen LogP contribution is -2.12. The van der Waals surface area contributed by atoms with Crippen LogP contribution in [0, 0.1) is 6.92 Å². The summed E-state index contributed by atoms with van der Waals surface area (Å²) in [6.45, 7) is 2.07. The van der Waals surface area contributed by atoms with Crippen LogP contribution in [0.15, 0.2) is 32.5 Å². The number of rotatable bonds is 2. The van der Waals surface area contributed by atoms with Crippen molar-refractivity contribution in [1.82, 2.24) is 0 Å². The van der Waals surface area contributed by atoms with Gasteiger partial charge in [0.25, 0.3) is 0 Å². The minimum atomic E-state index is -0.192. The molecule has 1 nitrogen and oxygen atoms in total. The highest BCUT2D eigenvalue weighted by Crippen LogP contribution is 2.36. The second kappa shape index (κ2) is 5.41. The molecule has 90 valence electrons. The van der Waals surface area contributed by atoms with Gasteiger partial charge in [0.2, 0.25) is 0 Å². The van der Waals surface area contributed by atoms with E-state index in [1.807, 2.05) is 18.2 Å². The Kier molecular flexibility index (Phi) is 4.31. The maximum Gasteiger partial charge on any atom is 0.0704 e. The maximum atomic E-state index is 6.28. The van der Waals surface area contributed by atoms with Crippen molar-refractivity contribution in [1.29, 1.82) is 0 Å². The van der Waals surface area contributed by atoms with E-state index < -0.39 is 0 Å².